The molecule has 0 saturated carbocycles. The summed E-state index contributed by atoms with van der Waals surface area (Å²) in [5, 5.41) is 2.09. The molecule has 0 spiro atoms. The number of carbonyl (C=O) groups excluding carboxylic acids is 1. The molecule has 2 heterocycles. The minimum absolute atomic E-state index is 0.151. The Bertz CT molecular complexity index is 913. The van der Waals surface area contributed by atoms with E-state index >= 15 is 0 Å². The highest BCUT2D eigenvalue weighted by molar-refractivity contribution is 7.09. The topological polar surface area (TPSA) is 34.5 Å². The third-order valence-corrected chi connectivity index (χ3v) is 5.68. The largest absolute Gasteiger partial charge is 0.496 e. The number of aromatic nitrogens is 1. The summed E-state index contributed by atoms with van der Waals surface area (Å²) < 4.78 is 7.63. The quantitative estimate of drug-likeness (QED) is 0.537. The second-order valence-electron chi connectivity index (χ2n) is 6.86. The van der Waals surface area contributed by atoms with Crippen molar-refractivity contribution in [1.82, 2.24) is 9.47 Å². The Balaban J connectivity index is 1.70. The zero-order valence-corrected chi connectivity index (χ0v) is 17.2. The standard InChI is InChI=1S/C22H26N2O2S/c1-16-12-20(17(2)24(16)14-19-9-7-11-27-19)21(25)15-23(3)13-18-8-5-6-10-22(18)26-4/h5-12H,13-15H2,1-4H3. The maximum Gasteiger partial charge on any atom is 0.178 e. The number of para-hydroxylation sites is 1. The molecule has 0 radical (unpaired) electrons. The molecular weight excluding hydrogens is 356 g/mol. The van der Waals surface area contributed by atoms with Crippen molar-refractivity contribution in [3.05, 3.63) is 75.2 Å². The van der Waals surface area contributed by atoms with Crippen molar-refractivity contribution in [3.8, 4) is 5.75 Å². The number of aryl methyl sites for hydroxylation is 1. The second-order valence-corrected chi connectivity index (χ2v) is 7.89. The third-order valence-electron chi connectivity index (χ3n) is 4.81. The number of carbonyl (C=O) groups is 1. The van der Waals surface area contributed by atoms with Gasteiger partial charge in [0.05, 0.1) is 20.2 Å². The molecule has 0 aliphatic heterocycles. The predicted molar refractivity (Wildman–Crippen MR) is 111 cm³/mol. The first kappa shape index (κ1) is 19.4. The van der Waals surface area contributed by atoms with Crippen LogP contribution >= 0.6 is 11.3 Å². The molecule has 0 fully saturated rings. The molecule has 4 nitrogen and oxygen atoms in total. The molecule has 5 heteroatoms. The summed E-state index contributed by atoms with van der Waals surface area (Å²) >= 11 is 1.74. The number of thiophene rings is 1. The summed E-state index contributed by atoms with van der Waals surface area (Å²) in [6, 6.07) is 14.1. The van der Waals surface area contributed by atoms with Gasteiger partial charge in [0.15, 0.2) is 5.78 Å². The van der Waals surface area contributed by atoms with Crippen LogP contribution in [-0.4, -0.2) is 36.0 Å². The average Bonchev–Trinajstić information content (AvgIpc) is 3.26. The van der Waals surface area contributed by atoms with Crippen molar-refractivity contribution < 1.29 is 9.53 Å². The van der Waals surface area contributed by atoms with E-state index < -0.39 is 0 Å². The number of ketones is 1. The van der Waals surface area contributed by atoms with E-state index in [2.05, 4.69) is 29.0 Å². The van der Waals surface area contributed by atoms with Gasteiger partial charge in [0.25, 0.3) is 0 Å². The van der Waals surface area contributed by atoms with Crippen molar-refractivity contribution >= 4 is 17.1 Å². The maximum atomic E-state index is 12.9. The van der Waals surface area contributed by atoms with Gasteiger partial charge in [-0.05, 0) is 44.5 Å². The zero-order chi connectivity index (χ0) is 19.4. The van der Waals surface area contributed by atoms with Gasteiger partial charge in [-0.15, -0.1) is 11.3 Å². The summed E-state index contributed by atoms with van der Waals surface area (Å²) in [5.41, 5.74) is 4.06. The minimum Gasteiger partial charge on any atom is -0.496 e. The maximum absolute atomic E-state index is 12.9. The van der Waals surface area contributed by atoms with Crippen molar-refractivity contribution in [1.29, 1.82) is 0 Å². The Hall–Kier alpha value is -2.37. The van der Waals surface area contributed by atoms with Crippen LogP contribution in [0.5, 0.6) is 5.75 Å². The molecule has 3 rings (SSSR count). The van der Waals surface area contributed by atoms with Gasteiger partial charge in [-0.25, -0.2) is 0 Å². The highest BCUT2D eigenvalue weighted by atomic mass is 32.1. The van der Waals surface area contributed by atoms with E-state index in [0.29, 0.717) is 13.1 Å². The monoisotopic (exact) mass is 382 g/mol. The highest BCUT2D eigenvalue weighted by Gasteiger charge is 2.18. The fraction of sp³-hybridized carbons (Fsp3) is 0.318. The molecule has 0 unspecified atom stereocenters. The summed E-state index contributed by atoms with van der Waals surface area (Å²) in [6.45, 7) is 5.97. The van der Waals surface area contributed by atoms with Crippen LogP contribution in [0.2, 0.25) is 0 Å². The number of ether oxygens (including phenoxy) is 1. The number of benzene rings is 1. The second kappa shape index (κ2) is 8.55. The lowest BCUT2D eigenvalue weighted by Crippen LogP contribution is -2.26. The summed E-state index contributed by atoms with van der Waals surface area (Å²) in [5.74, 6) is 1.00. The van der Waals surface area contributed by atoms with E-state index in [4.69, 9.17) is 4.74 Å². The van der Waals surface area contributed by atoms with Crippen LogP contribution in [0.15, 0.2) is 47.8 Å². The normalized spacial score (nSPS) is 11.1. The third kappa shape index (κ3) is 4.49. The average molecular weight is 383 g/mol. The molecule has 1 aromatic carbocycles. The summed E-state index contributed by atoms with van der Waals surface area (Å²) in [6.07, 6.45) is 0. The Kier molecular flexibility index (Phi) is 6.14. The van der Waals surface area contributed by atoms with E-state index in [9.17, 15) is 4.79 Å². The SMILES string of the molecule is COc1ccccc1CN(C)CC(=O)c1cc(C)n(Cc2cccs2)c1C. The molecule has 0 amide bonds. The van der Waals surface area contributed by atoms with Gasteiger partial charge in [-0.3, -0.25) is 9.69 Å². The number of rotatable bonds is 8. The van der Waals surface area contributed by atoms with Crippen LogP contribution in [0.25, 0.3) is 0 Å². The van der Waals surface area contributed by atoms with Crippen molar-refractivity contribution in [3.63, 3.8) is 0 Å². The number of Topliss-reactive ketones (excluding diaryl/α,β-unsaturated/α-hetero) is 1. The molecule has 0 aliphatic carbocycles. The Morgan fingerprint density at radius 3 is 2.67 bits per heavy atom. The van der Waals surface area contributed by atoms with E-state index in [0.717, 1.165) is 34.8 Å². The van der Waals surface area contributed by atoms with Gasteiger partial charge >= 0.3 is 0 Å². The molecule has 0 atom stereocenters. The number of hydrogen-bond donors (Lipinski definition) is 0. The van der Waals surface area contributed by atoms with Crippen LogP contribution in [0.1, 0.15) is 32.2 Å². The lowest BCUT2D eigenvalue weighted by molar-refractivity contribution is 0.0942. The van der Waals surface area contributed by atoms with Crippen molar-refractivity contribution in [2.75, 3.05) is 20.7 Å². The fourth-order valence-corrected chi connectivity index (χ4v) is 4.09. The van der Waals surface area contributed by atoms with Gasteiger partial charge in [0.1, 0.15) is 5.75 Å². The summed E-state index contributed by atoms with van der Waals surface area (Å²) in [7, 11) is 3.64. The van der Waals surface area contributed by atoms with E-state index in [1.54, 1.807) is 18.4 Å². The molecule has 2 aromatic heterocycles. The van der Waals surface area contributed by atoms with Crippen LogP contribution in [0, 0.1) is 13.8 Å². The Morgan fingerprint density at radius 2 is 1.96 bits per heavy atom. The molecule has 0 N–H and O–H groups in total. The molecule has 142 valence electrons. The molecule has 0 saturated heterocycles. The van der Waals surface area contributed by atoms with Crippen LogP contribution in [-0.2, 0) is 13.1 Å². The molecule has 3 aromatic rings. The number of nitrogens with zero attached hydrogens (tertiary/aromatic N) is 2. The van der Waals surface area contributed by atoms with Gasteiger partial charge in [0, 0.05) is 33.9 Å². The van der Waals surface area contributed by atoms with Crippen molar-refractivity contribution in [2.45, 2.75) is 26.9 Å². The highest BCUT2D eigenvalue weighted by Crippen LogP contribution is 2.21. The minimum atomic E-state index is 0.151. The molecule has 0 bridgehead atoms. The van der Waals surface area contributed by atoms with E-state index in [1.807, 2.05) is 49.2 Å². The van der Waals surface area contributed by atoms with Crippen LogP contribution in [0.4, 0.5) is 0 Å². The van der Waals surface area contributed by atoms with Gasteiger partial charge in [-0.1, -0.05) is 24.3 Å². The molecule has 27 heavy (non-hydrogen) atoms. The van der Waals surface area contributed by atoms with Gasteiger partial charge in [-0.2, -0.15) is 0 Å². The number of hydrogen-bond acceptors (Lipinski definition) is 4. The van der Waals surface area contributed by atoms with Gasteiger partial charge in [0.2, 0.25) is 0 Å². The zero-order valence-electron chi connectivity index (χ0n) is 16.4. The first-order valence-electron chi connectivity index (χ1n) is 9.02. The number of methoxy groups -OCH3 is 1. The van der Waals surface area contributed by atoms with Crippen LogP contribution < -0.4 is 4.74 Å². The number of likely N-dealkylation sites (N-methyl/N-ethyl adjacent to an activating group) is 1. The van der Waals surface area contributed by atoms with Gasteiger partial charge < -0.3 is 9.30 Å². The predicted octanol–water partition coefficient (Wildman–Crippen LogP) is 4.54. The van der Waals surface area contributed by atoms with Crippen molar-refractivity contribution in [2.24, 2.45) is 0 Å². The lowest BCUT2D eigenvalue weighted by atomic mass is 10.1. The van der Waals surface area contributed by atoms with Crippen LogP contribution in [0.3, 0.4) is 0 Å². The van der Waals surface area contributed by atoms with E-state index in [-0.39, 0.29) is 5.78 Å². The lowest BCUT2D eigenvalue weighted by Gasteiger charge is -2.17. The Morgan fingerprint density at radius 1 is 1.19 bits per heavy atom. The smallest absolute Gasteiger partial charge is 0.178 e. The molecule has 0 aliphatic rings. The first-order chi connectivity index (χ1) is 13.0. The first-order valence-corrected chi connectivity index (χ1v) is 9.90. The Labute approximate surface area is 165 Å². The molecular formula is C22H26N2O2S. The van der Waals surface area contributed by atoms with E-state index in [1.165, 1.54) is 4.88 Å². The fourth-order valence-electron chi connectivity index (χ4n) is 3.40. The summed E-state index contributed by atoms with van der Waals surface area (Å²) in [4.78, 5) is 16.2.